The monoisotopic (exact) mass is 434 g/mol. The van der Waals surface area contributed by atoms with Crippen LogP contribution >= 0.6 is 23.2 Å². The molecule has 2 saturated heterocycles. The molecule has 0 aliphatic carbocycles. The van der Waals surface area contributed by atoms with Crippen LogP contribution in [0.3, 0.4) is 0 Å². The molecular weight excluding hydrogens is 411 g/mol. The van der Waals surface area contributed by atoms with E-state index in [9.17, 15) is 4.79 Å². The zero-order valence-electron chi connectivity index (χ0n) is 16.1. The Morgan fingerprint density at radius 3 is 2.55 bits per heavy atom. The van der Waals surface area contributed by atoms with Crippen molar-refractivity contribution in [2.45, 2.75) is 19.1 Å². The van der Waals surface area contributed by atoms with Crippen molar-refractivity contribution in [3.05, 3.63) is 58.1 Å². The fourth-order valence-electron chi connectivity index (χ4n) is 3.73. The molecule has 2 aromatic carbocycles. The zero-order chi connectivity index (χ0) is 20.4. The van der Waals surface area contributed by atoms with Crippen molar-refractivity contribution in [3.63, 3.8) is 0 Å². The molecule has 2 aliphatic heterocycles. The van der Waals surface area contributed by atoms with E-state index in [0.29, 0.717) is 18.1 Å². The van der Waals surface area contributed by atoms with E-state index in [4.69, 9.17) is 23.2 Å². The van der Waals surface area contributed by atoms with Crippen LogP contribution in [0, 0.1) is 6.92 Å². The minimum Gasteiger partial charge on any atom is -0.368 e. The molecule has 2 aliphatic rings. The molecular formula is C20H24Cl2N6O. The van der Waals surface area contributed by atoms with Crippen LogP contribution in [0.15, 0.2) is 42.5 Å². The maximum Gasteiger partial charge on any atom is 0.244 e. The number of rotatable bonds is 4. The highest BCUT2D eigenvalue weighted by atomic mass is 35.5. The molecule has 1 amide bonds. The minimum absolute atomic E-state index is 0.0458. The van der Waals surface area contributed by atoms with E-state index < -0.39 is 6.04 Å². The summed E-state index contributed by atoms with van der Waals surface area (Å²) in [5.41, 5.74) is 12.1. The Kier molecular flexibility index (Phi) is 6.12. The molecule has 2 fully saturated rings. The Bertz CT molecular complexity index is 887. The lowest BCUT2D eigenvalue weighted by atomic mass is 10.1. The fourth-order valence-corrected chi connectivity index (χ4v) is 4.09. The lowest BCUT2D eigenvalue weighted by molar-refractivity contribution is -0.133. The second-order valence-electron chi connectivity index (χ2n) is 7.27. The lowest BCUT2D eigenvalue weighted by Crippen LogP contribution is -2.57. The third-order valence-corrected chi connectivity index (χ3v) is 5.77. The highest BCUT2D eigenvalue weighted by molar-refractivity contribution is 6.31. The summed E-state index contributed by atoms with van der Waals surface area (Å²) in [7, 11) is 0. The van der Waals surface area contributed by atoms with Crippen LogP contribution in [-0.2, 0) is 4.79 Å². The van der Waals surface area contributed by atoms with Crippen LogP contribution in [0.25, 0.3) is 0 Å². The van der Waals surface area contributed by atoms with Crippen molar-refractivity contribution in [2.75, 3.05) is 36.4 Å². The van der Waals surface area contributed by atoms with Crippen molar-refractivity contribution < 1.29 is 4.79 Å². The molecule has 2 heterocycles. The number of piperazine rings is 1. The minimum atomic E-state index is -0.437. The molecule has 4 N–H and O–H groups in total. The standard InChI is InChI=1S/C20H24Cl2N6O/c1-13-5-6-15(22)12-17(13)27-7-9-28(10-8-27)20(29)18-19(25-26-24-18)23-16-4-2-3-14(21)11-16/h2-6,11-12,18-19,23-26H,7-10H2,1H3. The number of anilines is 2. The van der Waals surface area contributed by atoms with Gasteiger partial charge < -0.3 is 15.1 Å². The van der Waals surface area contributed by atoms with Gasteiger partial charge in [-0.3, -0.25) is 4.79 Å². The topological polar surface area (TPSA) is 71.7 Å². The molecule has 2 atom stereocenters. The van der Waals surface area contributed by atoms with Crippen LogP contribution in [0.2, 0.25) is 10.0 Å². The van der Waals surface area contributed by atoms with Gasteiger partial charge in [-0.25, -0.2) is 10.9 Å². The van der Waals surface area contributed by atoms with Crippen LogP contribution in [0.1, 0.15) is 5.56 Å². The van der Waals surface area contributed by atoms with Crippen LogP contribution in [0.4, 0.5) is 11.4 Å². The van der Waals surface area contributed by atoms with Crippen molar-refractivity contribution in [1.29, 1.82) is 0 Å². The van der Waals surface area contributed by atoms with Gasteiger partial charge in [0.25, 0.3) is 0 Å². The third-order valence-electron chi connectivity index (χ3n) is 5.30. The number of hydrogen-bond donors (Lipinski definition) is 4. The Morgan fingerprint density at radius 1 is 1.03 bits per heavy atom. The number of amides is 1. The average molecular weight is 435 g/mol. The SMILES string of the molecule is Cc1ccc(Cl)cc1N1CCN(C(=O)C2NNNC2Nc2cccc(Cl)c2)CC1. The van der Waals surface area contributed by atoms with Crippen LogP contribution < -0.4 is 26.6 Å². The van der Waals surface area contributed by atoms with Gasteiger partial charge in [-0.15, -0.1) is 0 Å². The van der Waals surface area contributed by atoms with E-state index in [0.717, 1.165) is 29.5 Å². The molecule has 0 bridgehead atoms. The molecule has 2 unspecified atom stereocenters. The zero-order valence-corrected chi connectivity index (χ0v) is 17.6. The predicted octanol–water partition coefficient (Wildman–Crippen LogP) is 2.37. The van der Waals surface area contributed by atoms with Gasteiger partial charge >= 0.3 is 0 Å². The lowest BCUT2D eigenvalue weighted by Gasteiger charge is -2.38. The molecule has 0 saturated carbocycles. The number of nitrogens with zero attached hydrogens (tertiary/aromatic N) is 2. The largest absolute Gasteiger partial charge is 0.368 e. The number of halogens is 2. The predicted molar refractivity (Wildman–Crippen MR) is 117 cm³/mol. The van der Waals surface area contributed by atoms with Gasteiger partial charge in [-0.2, -0.15) is 5.53 Å². The quantitative estimate of drug-likeness (QED) is 0.591. The van der Waals surface area contributed by atoms with E-state index in [1.54, 1.807) is 0 Å². The first-order valence-electron chi connectivity index (χ1n) is 9.59. The second-order valence-corrected chi connectivity index (χ2v) is 8.14. The first-order chi connectivity index (χ1) is 14.0. The summed E-state index contributed by atoms with van der Waals surface area (Å²) >= 11 is 12.2. The van der Waals surface area contributed by atoms with Crippen molar-refractivity contribution in [1.82, 2.24) is 21.3 Å². The number of hydrazine groups is 2. The Labute approximate surface area is 180 Å². The number of benzene rings is 2. The third kappa shape index (κ3) is 4.60. The second kappa shape index (κ2) is 8.77. The summed E-state index contributed by atoms with van der Waals surface area (Å²) in [4.78, 5) is 17.3. The Morgan fingerprint density at radius 2 is 1.79 bits per heavy atom. The van der Waals surface area contributed by atoms with Crippen LogP contribution in [0.5, 0.6) is 0 Å². The molecule has 0 spiro atoms. The van der Waals surface area contributed by atoms with Gasteiger partial charge in [0.2, 0.25) is 5.91 Å². The number of carbonyl (C=O) groups excluding carboxylic acids is 1. The number of nitrogens with one attached hydrogen (secondary N) is 4. The first kappa shape index (κ1) is 20.3. The molecule has 7 nitrogen and oxygen atoms in total. The molecule has 154 valence electrons. The highest BCUT2D eigenvalue weighted by Gasteiger charge is 2.36. The summed E-state index contributed by atoms with van der Waals surface area (Å²) < 4.78 is 0. The Balaban J connectivity index is 1.38. The van der Waals surface area contributed by atoms with E-state index in [1.165, 1.54) is 5.56 Å². The fraction of sp³-hybridized carbons (Fsp3) is 0.350. The summed E-state index contributed by atoms with van der Waals surface area (Å²) in [6.45, 7) is 4.94. The van der Waals surface area contributed by atoms with E-state index in [-0.39, 0.29) is 12.1 Å². The number of aryl methyl sites for hydroxylation is 1. The molecule has 0 radical (unpaired) electrons. The first-order valence-corrected chi connectivity index (χ1v) is 10.3. The maximum atomic E-state index is 13.1. The van der Waals surface area contributed by atoms with Gasteiger partial charge in [-0.05, 0) is 42.8 Å². The summed E-state index contributed by atoms with van der Waals surface area (Å²) in [6.07, 6.45) is -0.297. The maximum absolute atomic E-state index is 13.1. The molecule has 29 heavy (non-hydrogen) atoms. The Hall–Kier alpha value is -2.03. The summed E-state index contributed by atoms with van der Waals surface area (Å²) in [6, 6.07) is 12.9. The highest BCUT2D eigenvalue weighted by Crippen LogP contribution is 2.25. The number of hydrogen-bond acceptors (Lipinski definition) is 6. The normalized spacial score (nSPS) is 22.0. The molecule has 4 rings (SSSR count). The van der Waals surface area contributed by atoms with Crippen molar-refractivity contribution >= 4 is 40.5 Å². The number of carbonyl (C=O) groups is 1. The summed E-state index contributed by atoms with van der Waals surface area (Å²) in [5, 5.41) is 4.68. The molecule has 0 aromatic heterocycles. The summed E-state index contributed by atoms with van der Waals surface area (Å²) in [5.74, 6) is 0.0458. The average Bonchev–Trinajstić information content (AvgIpc) is 3.17. The van der Waals surface area contributed by atoms with Gasteiger partial charge in [0.15, 0.2) is 0 Å². The van der Waals surface area contributed by atoms with E-state index in [2.05, 4.69) is 33.5 Å². The van der Waals surface area contributed by atoms with Crippen LogP contribution in [-0.4, -0.2) is 49.2 Å². The smallest absolute Gasteiger partial charge is 0.244 e. The van der Waals surface area contributed by atoms with Gasteiger partial charge in [0.1, 0.15) is 12.2 Å². The van der Waals surface area contributed by atoms with Crippen molar-refractivity contribution in [2.24, 2.45) is 0 Å². The van der Waals surface area contributed by atoms with E-state index >= 15 is 0 Å². The molecule has 2 aromatic rings. The molecule has 9 heteroatoms. The van der Waals surface area contributed by atoms with Crippen molar-refractivity contribution in [3.8, 4) is 0 Å². The van der Waals surface area contributed by atoms with Gasteiger partial charge in [0.05, 0.1) is 0 Å². The van der Waals surface area contributed by atoms with E-state index in [1.807, 2.05) is 47.4 Å². The van der Waals surface area contributed by atoms with Gasteiger partial charge in [-0.1, -0.05) is 35.3 Å². The van der Waals surface area contributed by atoms with Gasteiger partial charge in [0, 0.05) is 47.6 Å².